The molecule has 0 fully saturated rings. The summed E-state index contributed by atoms with van der Waals surface area (Å²) >= 11 is 5.97. The van der Waals surface area contributed by atoms with Gasteiger partial charge in [-0.15, -0.1) is 0 Å². The second kappa shape index (κ2) is 10.2. The van der Waals surface area contributed by atoms with Gasteiger partial charge in [-0.1, -0.05) is 60.1 Å². The van der Waals surface area contributed by atoms with E-state index in [2.05, 4.69) is 5.32 Å². The summed E-state index contributed by atoms with van der Waals surface area (Å²) < 4.78 is 0. The summed E-state index contributed by atoms with van der Waals surface area (Å²) in [6, 6.07) is 22.5. The highest BCUT2D eigenvalue weighted by molar-refractivity contribution is 6.30. The summed E-state index contributed by atoms with van der Waals surface area (Å²) in [5, 5.41) is 23.5. The van der Waals surface area contributed by atoms with Gasteiger partial charge in [0.25, 0.3) is 0 Å². The van der Waals surface area contributed by atoms with Crippen LogP contribution in [0.1, 0.15) is 34.0 Å². The second-order valence-electron chi connectivity index (χ2n) is 6.92. The number of aryl methyl sites for hydroxylation is 1. The lowest BCUT2D eigenvalue weighted by atomic mass is 9.94. The maximum Gasteiger partial charge on any atom is 0.335 e. The Kier molecular flexibility index (Phi) is 7.42. The fourth-order valence-electron chi connectivity index (χ4n) is 3.31. The molecule has 0 spiro atoms. The Labute approximate surface area is 175 Å². The van der Waals surface area contributed by atoms with Crippen molar-refractivity contribution in [2.45, 2.75) is 18.9 Å². The van der Waals surface area contributed by atoms with E-state index in [0.717, 1.165) is 35.1 Å². The largest absolute Gasteiger partial charge is 0.478 e. The first kappa shape index (κ1) is 21.1. The van der Waals surface area contributed by atoms with Gasteiger partial charge in [-0.25, -0.2) is 4.79 Å². The zero-order chi connectivity index (χ0) is 20.6. The van der Waals surface area contributed by atoms with Gasteiger partial charge in [-0.2, -0.15) is 0 Å². The average Bonchev–Trinajstić information content (AvgIpc) is 2.73. The van der Waals surface area contributed by atoms with E-state index in [0.29, 0.717) is 23.7 Å². The molecule has 29 heavy (non-hydrogen) atoms. The molecule has 0 saturated heterocycles. The Hall–Kier alpha value is -2.66. The first-order chi connectivity index (χ1) is 14.0. The van der Waals surface area contributed by atoms with Gasteiger partial charge in [-0.05, 0) is 65.9 Å². The van der Waals surface area contributed by atoms with Crippen LogP contribution in [0.2, 0.25) is 5.02 Å². The lowest BCUT2D eigenvalue weighted by Gasteiger charge is -2.14. The van der Waals surface area contributed by atoms with E-state index in [1.807, 2.05) is 48.5 Å². The van der Waals surface area contributed by atoms with Crippen LogP contribution in [-0.2, 0) is 6.42 Å². The highest BCUT2D eigenvalue weighted by Gasteiger charge is 2.11. The molecule has 3 aromatic rings. The number of hydrogen-bond acceptors (Lipinski definition) is 3. The molecule has 0 aliphatic carbocycles. The number of aliphatic hydroxyl groups excluding tert-OH is 1. The number of aliphatic hydroxyl groups is 1. The number of halogens is 1. The minimum absolute atomic E-state index is 0.295. The number of carboxylic acids is 1. The summed E-state index contributed by atoms with van der Waals surface area (Å²) in [4.78, 5) is 11.4. The third kappa shape index (κ3) is 5.91. The van der Waals surface area contributed by atoms with E-state index >= 15 is 0 Å². The van der Waals surface area contributed by atoms with Crippen molar-refractivity contribution in [1.82, 2.24) is 5.32 Å². The van der Waals surface area contributed by atoms with Crippen LogP contribution >= 0.6 is 11.6 Å². The summed E-state index contributed by atoms with van der Waals surface area (Å²) in [7, 11) is 0. The van der Waals surface area contributed by atoms with E-state index in [1.165, 1.54) is 0 Å². The van der Waals surface area contributed by atoms with Gasteiger partial charge in [0.2, 0.25) is 0 Å². The maximum absolute atomic E-state index is 11.4. The SMILES string of the molecule is O=C(O)c1ccc(-c2ccccc2)c(CCCNC[C@H](O)c2cccc(Cl)c2)c1. The normalized spacial score (nSPS) is 11.9. The zero-order valence-electron chi connectivity index (χ0n) is 16.0. The molecule has 4 nitrogen and oxygen atoms in total. The van der Waals surface area contributed by atoms with Crippen molar-refractivity contribution in [1.29, 1.82) is 0 Å². The van der Waals surface area contributed by atoms with Crippen molar-refractivity contribution in [2.75, 3.05) is 13.1 Å². The quantitative estimate of drug-likeness (QED) is 0.437. The van der Waals surface area contributed by atoms with Gasteiger partial charge in [0.05, 0.1) is 11.7 Å². The van der Waals surface area contributed by atoms with Crippen molar-refractivity contribution in [2.24, 2.45) is 0 Å². The Morgan fingerprint density at radius 3 is 2.52 bits per heavy atom. The molecule has 0 radical (unpaired) electrons. The van der Waals surface area contributed by atoms with Crippen LogP contribution in [0.3, 0.4) is 0 Å². The molecule has 0 amide bonds. The molecule has 3 rings (SSSR count). The van der Waals surface area contributed by atoms with Crippen LogP contribution < -0.4 is 5.32 Å². The third-order valence-electron chi connectivity index (χ3n) is 4.81. The molecule has 0 saturated carbocycles. The molecular formula is C24H24ClNO3. The predicted molar refractivity (Wildman–Crippen MR) is 116 cm³/mol. The summed E-state index contributed by atoms with van der Waals surface area (Å²) in [5.41, 5.74) is 4.21. The van der Waals surface area contributed by atoms with Crippen LogP contribution in [0.4, 0.5) is 0 Å². The van der Waals surface area contributed by atoms with Gasteiger partial charge in [0, 0.05) is 11.6 Å². The topological polar surface area (TPSA) is 69.6 Å². The molecule has 0 heterocycles. The minimum Gasteiger partial charge on any atom is -0.478 e. The van der Waals surface area contributed by atoms with E-state index in [-0.39, 0.29) is 0 Å². The molecule has 3 aromatic carbocycles. The van der Waals surface area contributed by atoms with Crippen molar-refractivity contribution in [3.63, 3.8) is 0 Å². The zero-order valence-corrected chi connectivity index (χ0v) is 16.8. The Balaban J connectivity index is 1.59. The van der Waals surface area contributed by atoms with Gasteiger partial charge in [0.15, 0.2) is 0 Å². The number of nitrogens with one attached hydrogen (secondary N) is 1. The minimum atomic E-state index is -0.923. The first-order valence-electron chi connectivity index (χ1n) is 9.60. The number of hydrogen-bond donors (Lipinski definition) is 3. The van der Waals surface area contributed by atoms with E-state index in [4.69, 9.17) is 11.6 Å². The molecule has 0 aliphatic heterocycles. The number of carboxylic acid groups (broad SMARTS) is 1. The second-order valence-corrected chi connectivity index (χ2v) is 7.36. The van der Waals surface area contributed by atoms with Crippen LogP contribution in [-0.4, -0.2) is 29.3 Å². The molecule has 1 atom stereocenters. The lowest BCUT2D eigenvalue weighted by molar-refractivity contribution is 0.0696. The Morgan fingerprint density at radius 1 is 1.00 bits per heavy atom. The molecule has 150 valence electrons. The smallest absolute Gasteiger partial charge is 0.335 e. The van der Waals surface area contributed by atoms with Crippen molar-refractivity contribution < 1.29 is 15.0 Å². The van der Waals surface area contributed by atoms with E-state index in [1.54, 1.807) is 24.3 Å². The average molecular weight is 410 g/mol. The molecular weight excluding hydrogens is 386 g/mol. The summed E-state index contributed by atoms with van der Waals surface area (Å²) in [5.74, 6) is -0.923. The van der Waals surface area contributed by atoms with Gasteiger partial charge in [-0.3, -0.25) is 0 Å². The summed E-state index contributed by atoms with van der Waals surface area (Å²) in [6.07, 6.45) is 0.945. The van der Waals surface area contributed by atoms with Crippen LogP contribution in [0, 0.1) is 0 Å². The van der Waals surface area contributed by atoms with Gasteiger partial charge in [0.1, 0.15) is 0 Å². The maximum atomic E-state index is 11.4. The molecule has 5 heteroatoms. The Morgan fingerprint density at radius 2 is 1.79 bits per heavy atom. The lowest BCUT2D eigenvalue weighted by Crippen LogP contribution is -2.23. The van der Waals surface area contributed by atoms with Gasteiger partial charge < -0.3 is 15.5 Å². The van der Waals surface area contributed by atoms with Crippen molar-refractivity contribution in [3.8, 4) is 11.1 Å². The monoisotopic (exact) mass is 409 g/mol. The van der Waals surface area contributed by atoms with Gasteiger partial charge >= 0.3 is 5.97 Å². The molecule has 0 aliphatic rings. The standard InChI is InChI=1S/C24H24ClNO3/c25-21-10-4-8-19(15-21)23(27)16-26-13-5-9-18-14-20(24(28)29)11-12-22(18)17-6-2-1-3-7-17/h1-4,6-8,10-12,14-15,23,26-27H,5,9,13,16H2,(H,28,29)/t23-/m0/s1. The Bertz CT molecular complexity index is 959. The van der Waals surface area contributed by atoms with Crippen molar-refractivity contribution >= 4 is 17.6 Å². The highest BCUT2D eigenvalue weighted by atomic mass is 35.5. The molecule has 3 N–H and O–H groups in total. The van der Waals surface area contributed by atoms with Crippen LogP contribution in [0.5, 0.6) is 0 Å². The summed E-state index contributed by atoms with van der Waals surface area (Å²) in [6.45, 7) is 1.14. The van der Waals surface area contributed by atoms with E-state index < -0.39 is 12.1 Å². The number of rotatable bonds is 9. The number of aromatic carboxylic acids is 1. The van der Waals surface area contributed by atoms with Crippen LogP contribution in [0.25, 0.3) is 11.1 Å². The highest BCUT2D eigenvalue weighted by Crippen LogP contribution is 2.26. The van der Waals surface area contributed by atoms with E-state index in [9.17, 15) is 15.0 Å². The number of carbonyl (C=O) groups is 1. The fourth-order valence-corrected chi connectivity index (χ4v) is 3.51. The predicted octanol–water partition coefficient (Wildman–Crippen LogP) is 4.96. The van der Waals surface area contributed by atoms with Crippen molar-refractivity contribution in [3.05, 3.63) is 94.5 Å². The molecule has 0 aromatic heterocycles. The third-order valence-corrected chi connectivity index (χ3v) is 5.04. The van der Waals surface area contributed by atoms with Crippen LogP contribution in [0.15, 0.2) is 72.8 Å². The number of benzene rings is 3. The molecule has 0 bridgehead atoms. The first-order valence-corrected chi connectivity index (χ1v) is 9.98. The fraction of sp³-hybridized carbons (Fsp3) is 0.208. The molecule has 0 unspecified atom stereocenters.